The number of rotatable bonds is 6. The van der Waals surface area contributed by atoms with Gasteiger partial charge in [0.05, 0.1) is 11.6 Å². The summed E-state index contributed by atoms with van der Waals surface area (Å²) in [7, 11) is 6.98. The van der Waals surface area contributed by atoms with E-state index in [1.165, 1.54) is 0 Å². The third kappa shape index (κ3) is 4.52. The van der Waals surface area contributed by atoms with Gasteiger partial charge in [0.15, 0.2) is 17.2 Å². The van der Waals surface area contributed by atoms with E-state index in [2.05, 4.69) is 26.1 Å². The van der Waals surface area contributed by atoms with Gasteiger partial charge in [0.1, 0.15) is 22.8 Å². The van der Waals surface area contributed by atoms with Gasteiger partial charge >= 0.3 is 0 Å². The van der Waals surface area contributed by atoms with Crippen LogP contribution >= 0.6 is 0 Å². The second-order valence-electron chi connectivity index (χ2n) is 13.0. The summed E-state index contributed by atoms with van der Waals surface area (Å²) in [5.41, 5.74) is -1.38. The first-order valence-electron chi connectivity index (χ1n) is 13.5. The third-order valence-corrected chi connectivity index (χ3v) is 8.34. The molecule has 4 rings (SSSR count). The lowest BCUT2D eigenvalue weighted by atomic mass is 9.58. The van der Waals surface area contributed by atoms with Crippen LogP contribution in [0, 0.1) is 17.3 Å². The van der Waals surface area contributed by atoms with Crippen LogP contribution in [0.2, 0.25) is 0 Å². The molecule has 1 aromatic rings. The largest absolute Gasteiger partial charge is 0.510 e. The molecule has 10 nitrogen and oxygen atoms in total. The molecule has 0 bridgehead atoms. The number of aromatic hydroxyl groups is 1. The molecule has 0 heterocycles. The number of fused-ring (bicyclic) bond motifs is 3. The van der Waals surface area contributed by atoms with Crippen molar-refractivity contribution in [2.24, 2.45) is 17.3 Å². The van der Waals surface area contributed by atoms with Gasteiger partial charge in [-0.25, -0.2) is 0 Å². The van der Waals surface area contributed by atoms with Crippen LogP contribution in [0.4, 0.5) is 5.69 Å². The number of hydrogen-bond donors (Lipinski definition) is 5. The molecule has 0 amide bonds. The zero-order valence-corrected chi connectivity index (χ0v) is 24.5. The molecule has 4 atom stereocenters. The van der Waals surface area contributed by atoms with Crippen LogP contribution in [0.1, 0.15) is 55.6 Å². The molecule has 3 aliphatic carbocycles. The Bertz CT molecular complexity index is 1350. The van der Waals surface area contributed by atoms with Crippen LogP contribution in [-0.2, 0) is 22.6 Å². The molecule has 1 unspecified atom stereocenters. The highest BCUT2D eigenvalue weighted by Crippen LogP contribution is 2.53. The van der Waals surface area contributed by atoms with Crippen molar-refractivity contribution < 1.29 is 34.8 Å². The Morgan fingerprint density at radius 1 is 1.12 bits per heavy atom. The van der Waals surface area contributed by atoms with Gasteiger partial charge in [-0.3, -0.25) is 19.3 Å². The quantitative estimate of drug-likeness (QED) is 0.331. The zero-order valence-electron chi connectivity index (χ0n) is 24.5. The van der Waals surface area contributed by atoms with E-state index in [1.54, 1.807) is 19.0 Å². The number of benzene rings is 1. The van der Waals surface area contributed by atoms with Crippen molar-refractivity contribution in [3.05, 3.63) is 45.4 Å². The summed E-state index contributed by atoms with van der Waals surface area (Å²) in [6.07, 6.45) is 0.357. The summed E-state index contributed by atoms with van der Waals surface area (Å²) in [4.78, 5) is 43.4. The average molecular weight is 556 g/mol. The number of aliphatic hydroxyl groups is 3. The number of Topliss-reactive ketones (excluding diaryl/α,β-unsaturated/α-hetero) is 3. The van der Waals surface area contributed by atoms with Gasteiger partial charge in [0.25, 0.3) is 0 Å². The third-order valence-electron chi connectivity index (χ3n) is 8.34. The van der Waals surface area contributed by atoms with Gasteiger partial charge in [-0.15, -0.1) is 0 Å². The number of allylic oxidation sites excluding steroid dienone is 1. The number of carbonyl (C=O) groups is 3. The van der Waals surface area contributed by atoms with E-state index in [4.69, 9.17) is 0 Å². The van der Waals surface area contributed by atoms with Crippen molar-refractivity contribution in [2.75, 3.05) is 39.6 Å². The number of aliphatic hydroxyl groups excluding tert-OH is 2. The molecule has 1 aromatic carbocycles. The fourth-order valence-corrected chi connectivity index (χ4v) is 6.56. The van der Waals surface area contributed by atoms with E-state index in [9.17, 15) is 34.8 Å². The summed E-state index contributed by atoms with van der Waals surface area (Å²) in [5, 5.41) is 49.0. The number of hydrogen-bond acceptors (Lipinski definition) is 10. The second-order valence-corrected chi connectivity index (χ2v) is 13.0. The lowest BCUT2D eigenvalue weighted by molar-refractivity contribution is -0.148. The molecule has 5 N–H and O–H groups in total. The van der Waals surface area contributed by atoms with E-state index in [0.29, 0.717) is 24.2 Å². The van der Waals surface area contributed by atoms with Crippen molar-refractivity contribution in [2.45, 2.75) is 58.7 Å². The average Bonchev–Trinajstić information content (AvgIpc) is 2.81. The molecular formula is C30H41N3O7. The summed E-state index contributed by atoms with van der Waals surface area (Å²) in [5.74, 6) is -5.60. The van der Waals surface area contributed by atoms with Gasteiger partial charge in [0, 0.05) is 49.9 Å². The normalized spacial score (nSPS) is 26.6. The Morgan fingerprint density at radius 2 is 1.75 bits per heavy atom. The fraction of sp³-hybridized carbons (Fsp3) is 0.567. The van der Waals surface area contributed by atoms with Crippen molar-refractivity contribution in [3.63, 3.8) is 0 Å². The molecule has 0 saturated heterocycles. The molecule has 0 saturated carbocycles. The van der Waals surface area contributed by atoms with Crippen molar-refractivity contribution >= 4 is 23.0 Å². The number of nitrogens with one attached hydrogen (secondary N) is 1. The fourth-order valence-electron chi connectivity index (χ4n) is 6.56. The highest BCUT2D eigenvalue weighted by Gasteiger charge is 2.63. The number of phenols is 1. The Kier molecular flexibility index (Phi) is 7.45. The van der Waals surface area contributed by atoms with E-state index < -0.39 is 57.9 Å². The molecule has 40 heavy (non-hydrogen) atoms. The molecule has 10 heteroatoms. The van der Waals surface area contributed by atoms with Gasteiger partial charge in [-0.1, -0.05) is 20.8 Å². The Morgan fingerprint density at radius 3 is 2.27 bits per heavy atom. The molecular weight excluding hydrogens is 514 g/mol. The van der Waals surface area contributed by atoms with Gasteiger partial charge in [-0.05, 0) is 56.8 Å². The highest BCUT2D eigenvalue weighted by molar-refractivity contribution is 6.25. The van der Waals surface area contributed by atoms with E-state index in [-0.39, 0.29) is 35.1 Å². The molecule has 0 aromatic heterocycles. The lowest BCUT2D eigenvalue weighted by Gasteiger charge is -2.50. The maximum Gasteiger partial charge on any atom is 0.209 e. The smallest absolute Gasteiger partial charge is 0.209 e. The summed E-state index contributed by atoms with van der Waals surface area (Å²) < 4.78 is 0. The predicted octanol–water partition coefficient (Wildman–Crippen LogP) is 2.43. The van der Waals surface area contributed by atoms with Crippen LogP contribution in [0.5, 0.6) is 5.75 Å². The zero-order chi connectivity index (χ0) is 30.1. The first-order valence-corrected chi connectivity index (χ1v) is 13.5. The van der Waals surface area contributed by atoms with Gasteiger partial charge in [0.2, 0.25) is 5.78 Å². The number of phenolic OH excluding ortho intramolecular Hbond substituents is 1. The van der Waals surface area contributed by atoms with Crippen molar-refractivity contribution in [3.8, 4) is 5.75 Å². The minimum absolute atomic E-state index is 0.000482. The molecule has 218 valence electrons. The predicted molar refractivity (Wildman–Crippen MR) is 151 cm³/mol. The minimum Gasteiger partial charge on any atom is -0.510 e. The highest BCUT2D eigenvalue weighted by atomic mass is 16.3. The number of carbonyl (C=O) groups excluding carboxylic acids is 3. The number of ketones is 3. The van der Waals surface area contributed by atoms with E-state index >= 15 is 0 Å². The molecule has 0 radical (unpaired) electrons. The van der Waals surface area contributed by atoms with E-state index in [1.807, 2.05) is 25.1 Å². The molecule has 0 aliphatic heterocycles. The monoisotopic (exact) mass is 555 g/mol. The summed E-state index contributed by atoms with van der Waals surface area (Å²) in [6, 6.07) is 0.908. The SMILES string of the molecule is CC(=O)C1=C(O)C(N(C)C)[C@@H]2C[C@@H]3Cc4c(N(C)C)cc(CNCC(C)(C)C)c(O)c4C(=O)C3=C(O)[C@]2(O)C1=O. The minimum atomic E-state index is -2.58. The van der Waals surface area contributed by atoms with Crippen LogP contribution in [0.25, 0.3) is 0 Å². The summed E-state index contributed by atoms with van der Waals surface area (Å²) in [6.45, 7) is 8.33. The summed E-state index contributed by atoms with van der Waals surface area (Å²) >= 11 is 0. The molecule has 3 aliphatic rings. The number of likely N-dealkylation sites (N-methyl/N-ethyl adjacent to an activating group) is 1. The second kappa shape index (κ2) is 10.0. The van der Waals surface area contributed by atoms with Gasteiger partial charge in [-0.2, -0.15) is 0 Å². The lowest BCUT2D eigenvalue weighted by Crippen LogP contribution is -2.63. The van der Waals surface area contributed by atoms with Gasteiger partial charge < -0.3 is 30.6 Å². The van der Waals surface area contributed by atoms with Crippen molar-refractivity contribution in [1.82, 2.24) is 10.2 Å². The maximum atomic E-state index is 14.1. The molecule has 0 fully saturated rings. The van der Waals surface area contributed by atoms with Crippen LogP contribution in [-0.4, -0.2) is 89.1 Å². The van der Waals surface area contributed by atoms with Crippen LogP contribution in [0.15, 0.2) is 28.7 Å². The Balaban J connectivity index is 1.90. The van der Waals surface area contributed by atoms with Crippen LogP contribution in [0.3, 0.4) is 0 Å². The van der Waals surface area contributed by atoms with E-state index in [0.717, 1.165) is 12.6 Å². The maximum absolute atomic E-state index is 14.1. The Hall–Kier alpha value is -3.21. The number of nitrogens with zero attached hydrogens (tertiary/aromatic N) is 2. The van der Waals surface area contributed by atoms with Crippen molar-refractivity contribution in [1.29, 1.82) is 0 Å². The Labute approximate surface area is 235 Å². The molecule has 0 spiro atoms. The van der Waals surface area contributed by atoms with Crippen LogP contribution < -0.4 is 10.2 Å². The standard InChI is InChI=1S/C30H41N3O7/c1-14(34)20-26(37)23(33(7)8)18-10-15-9-17-19(32(5)6)11-16(12-31-13-29(2,3)4)24(35)22(17)25(36)21(15)28(39)30(18,40)27(20)38/h11,15,18,23,31,35,37,39-40H,9-10,12-13H2,1-8H3/t15-,18-,23?,30+/m0/s1. The number of anilines is 1. The first-order chi connectivity index (χ1) is 18.4. The first kappa shape index (κ1) is 29.8. The topological polar surface area (TPSA) is 151 Å².